The van der Waals surface area contributed by atoms with Crippen LogP contribution >= 0.6 is 11.6 Å². The molecule has 5 heteroatoms. The van der Waals surface area contributed by atoms with Crippen molar-refractivity contribution in [2.24, 2.45) is 0 Å². The predicted octanol–water partition coefficient (Wildman–Crippen LogP) is 3.61. The van der Waals surface area contributed by atoms with Gasteiger partial charge in [-0.2, -0.15) is 0 Å². The van der Waals surface area contributed by atoms with Crippen LogP contribution in [0.5, 0.6) is 0 Å². The van der Waals surface area contributed by atoms with E-state index in [1.807, 2.05) is 43.4 Å². The number of nitrogens with zero attached hydrogens (tertiary/aromatic N) is 3. The summed E-state index contributed by atoms with van der Waals surface area (Å²) in [6, 6.07) is 11.3. The molecule has 1 aliphatic rings. The molecule has 0 spiro atoms. The molecular weight excluding hydrogens is 310 g/mol. The average Bonchev–Trinajstić information content (AvgIpc) is 3.08. The van der Waals surface area contributed by atoms with Crippen molar-refractivity contribution in [3.8, 4) is 0 Å². The fraction of sp³-hybridized carbons (Fsp3) is 0.333. The van der Waals surface area contributed by atoms with Gasteiger partial charge in [-0.25, -0.2) is 4.98 Å². The quantitative estimate of drug-likeness (QED) is 0.859. The summed E-state index contributed by atoms with van der Waals surface area (Å²) in [6.45, 7) is 2.46. The summed E-state index contributed by atoms with van der Waals surface area (Å²) in [7, 11) is 1.81. The molecule has 1 aromatic carbocycles. The van der Waals surface area contributed by atoms with Gasteiger partial charge < -0.3 is 9.80 Å². The number of anilines is 1. The Balaban J connectivity index is 1.79. The van der Waals surface area contributed by atoms with Crippen molar-refractivity contribution in [3.05, 3.63) is 58.7 Å². The minimum atomic E-state index is -0.0139. The summed E-state index contributed by atoms with van der Waals surface area (Å²) in [5.41, 5.74) is 1.68. The number of hydrogen-bond acceptors (Lipinski definition) is 3. The highest BCUT2D eigenvalue weighted by Gasteiger charge is 2.22. The molecule has 0 saturated carbocycles. The van der Waals surface area contributed by atoms with E-state index >= 15 is 0 Å². The fourth-order valence-electron chi connectivity index (χ4n) is 2.93. The third kappa shape index (κ3) is 3.64. The maximum Gasteiger partial charge on any atom is 0.257 e. The first kappa shape index (κ1) is 15.8. The monoisotopic (exact) mass is 329 g/mol. The first-order valence-corrected chi connectivity index (χ1v) is 8.23. The molecule has 0 atom stereocenters. The van der Waals surface area contributed by atoms with E-state index in [-0.39, 0.29) is 5.91 Å². The number of benzene rings is 1. The van der Waals surface area contributed by atoms with E-state index in [1.165, 1.54) is 0 Å². The Labute approximate surface area is 141 Å². The minimum absolute atomic E-state index is 0.0139. The molecule has 0 radical (unpaired) electrons. The molecular formula is C18H20ClN3O. The van der Waals surface area contributed by atoms with Crippen molar-refractivity contribution in [2.45, 2.75) is 19.4 Å². The molecule has 0 unspecified atom stereocenters. The summed E-state index contributed by atoms with van der Waals surface area (Å²) < 4.78 is 0. The van der Waals surface area contributed by atoms with Gasteiger partial charge in [0.25, 0.3) is 5.91 Å². The highest BCUT2D eigenvalue weighted by atomic mass is 35.5. The standard InChI is InChI=1S/C18H20ClN3O/c1-21(13-14-6-4-7-15(19)12-14)18(23)16-8-5-9-20-17(16)22-10-2-3-11-22/h4-9,12H,2-3,10-11,13H2,1H3. The maximum atomic E-state index is 12.8. The van der Waals surface area contributed by atoms with Crippen molar-refractivity contribution in [3.63, 3.8) is 0 Å². The molecule has 4 nitrogen and oxygen atoms in total. The van der Waals surface area contributed by atoms with Crippen molar-refractivity contribution in [2.75, 3.05) is 25.0 Å². The first-order chi connectivity index (χ1) is 11.1. The predicted molar refractivity (Wildman–Crippen MR) is 92.9 cm³/mol. The van der Waals surface area contributed by atoms with E-state index in [9.17, 15) is 4.79 Å². The number of halogens is 1. The highest BCUT2D eigenvalue weighted by molar-refractivity contribution is 6.30. The zero-order chi connectivity index (χ0) is 16.2. The number of rotatable bonds is 4. The van der Waals surface area contributed by atoms with Crippen molar-refractivity contribution in [1.82, 2.24) is 9.88 Å². The largest absolute Gasteiger partial charge is 0.356 e. The van der Waals surface area contributed by atoms with Crippen LogP contribution in [-0.2, 0) is 6.54 Å². The Hall–Kier alpha value is -2.07. The van der Waals surface area contributed by atoms with Gasteiger partial charge in [0.05, 0.1) is 5.56 Å². The highest BCUT2D eigenvalue weighted by Crippen LogP contribution is 2.23. The molecule has 3 rings (SSSR count). The molecule has 1 aliphatic heterocycles. The third-order valence-electron chi connectivity index (χ3n) is 4.08. The molecule has 120 valence electrons. The second-order valence-electron chi connectivity index (χ2n) is 5.86. The molecule has 1 aromatic heterocycles. The van der Waals surface area contributed by atoms with Gasteiger partial charge in [-0.3, -0.25) is 4.79 Å². The third-order valence-corrected chi connectivity index (χ3v) is 4.31. The Morgan fingerprint density at radius 2 is 2.04 bits per heavy atom. The van der Waals surface area contributed by atoms with E-state index in [2.05, 4.69) is 9.88 Å². The Morgan fingerprint density at radius 1 is 1.26 bits per heavy atom. The molecule has 1 fully saturated rings. The molecule has 2 heterocycles. The summed E-state index contributed by atoms with van der Waals surface area (Å²) in [4.78, 5) is 21.2. The lowest BCUT2D eigenvalue weighted by atomic mass is 10.1. The zero-order valence-corrected chi connectivity index (χ0v) is 14.0. The van der Waals surface area contributed by atoms with Crippen molar-refractivity contribution >= 4 is 23.3 Å². The Bertz CT molecular complexity index is 698. The van der Waals surface area contributed by atoms with Crippen LogP contribution in [-0.4, -0.2) is 35.9 Å². The van der Waals surface area contributed by atoms with Crippen LogP contribution in [0.1, 0.15) is 28.8 Å². The van der Waals surface area contributed by atoms with Crippen LogP contribution in [0.4, 0.5) is 5.82 Å². The lowest BCUT2D eigenvalue weighted by Crippen LogP contribution is -2.29. The van der Waals surface area contributed by atoms with Gasteiger partial charge in [0.2, 0.25) is 0 Å². The molecule has 23 heavy (non-hydrogen) atoms. The number of hydrogen-bond donors (Lipinski definition) is 0. The maximum absolute atomic E-state index is 12.8. The molecule has 0 aliphatic carbocycles. The van der Waals surface area contributed by atoms with Crippen LogP contribution in [0.3, 0.4) is 0 Å². The number of aromatic nitrogens is 1. The first-order valence-electron chi connectivity index (χ1n) is 7.85. The average molecular weight is 330 g/mol. The van der Waals surface area contributed by atoms with Gasteiger partial charge in [0.15, 0.2) is 0 Å². The number of amides is 1. The molecule has 2 aromatic rings. The second-order valence-corrected chi connectivity index (χ2v) is 6.30. The van der Waals surface area contributed by atoms with E-state index in [1.54, 1.807) is 11.1 Å². The number of carbonyl (C=O) groups excluding carboxylic acids is 1. The van der Waals surface area contributed by atoms with E-state index < -0.39 is 0 Å². The second kappa shape index (κ2) is 7.01. The van der Waals surface area contributed by atoms with Crippen LogP contribution in [0.15, 0.2) is 42.6 Å². The van der Waals surface area contributed by atoms with Gasteiger partial charge in [-0.05, 0) is 42.7 Å². The van der Waals surface area contributed by atoms with Crippen LogP contribution in [0.25, 0.3) is 0 Å². The van der Waals surface area contributed by atoms with Crippen LogP contribution < -0.4 is 4.90 Å². The van der Waals surface area contributed by atoms with E-state index in [4.69, 9.17) is 11.6 Å². The normalized spacial score (nSPS) is 14.1. The zero-order valence-electron chi connectivity index (χ0n) is 13.2. The minimum Gasteiger partial charge on any atom is -0.356 e. The van der Waals surface area contributed by atoms with Gasteiger partial charge in [0.1, 0.15) is 5.82 Å². The lowest BCUT2D eigenvalue weighted by Gasteiger charge is -2.23. The van der Waals surface area contributed by atoms with E-state index in [0.717, 1.165) is 37.3 Å². The summed E-state index contributed by atoms with van der Waals surface area (Å²) in [6.07, 6.45) is 4.06. The summed E-state index contributed by atoms with van der Waals surface area (Å²) in [5.74, 6) is 0.785. The molecule has 0 bridgehead atoms. The smallest absolute Gasteiger partial charge is 0.257 e. The number of pyridine rings is 1. The van der Waals surface area contributed by atoms with Gasteiger partial charge in [-0.15, -0.1) is 0 Å². The van der Waals surface area contributed by atoms with Gasteiger partial charge in [-0.1, -0.05) is 23.7 Å². The molecule has 1 saturated heterocycles. The van der Waals surface area contributed by atoms with Crippen molar-refractivity contribution < 1.29 is 4.79 Å². The van der Waals surface area contributed by atoms with Crippen LogP contribution in [0, 0.1) is 0 Å². The van der Waals surface area contributed by atoms with E-state index in [0.29, 0.717) is 17.1 Å². The Morgan fingerprint density at radius 3 is 2.78 bits per heavy atom. The Kier molecular flexibility index (Phi) is 4.82. The molecule has 1 amide bonds. The molecule has 0 N–H and O–H groups in total. The van der Waals surface area contributed by atoms with Gasteiger partial charge >= 0.3 is 0 Å². The summed E-state index contributed by atoms with van der Waals surface area (Å²) in [5, 5.41) is 0.683. The SMILES string of the molecule is CN(Cc1cccc(Cl)c1)C(=O)c1cccnc1N1CCCC1. The summed E-state index contributed by atoms with van der Waals surface area (Å²) >= 11 is 6.02. The topological polar surface area (TPSA) is 36.4 Å². The lowest BCUT2D eigenvalue weighted by molar-refractivity contribution is 0.0785. The van der Waals surface area contributed by atoms with Crippen molar-refractivity contribution in [1.29, 1.82) is 0 Å². The number of carbonyl (C=O) groups is 1. The van der Waals surface area contributed by atoms with Crippen LogP contribution in [0.2, 0.25) is 5.02 Å². The van der Waals surface area contributed by atoms with Gasteiger partial charge in [0, 0.05) is 37.9 Å². The fourth-order valence-corrected chi connectivity index (χ4v) is 3.14.